The zero-order valence-corrected chi connectivity index (χ0v) is 8.69. The zero-order chi connectivity index (χ0) is 9.45. The number of nitrogens with one attached hydrogen (secondary N) is 1. The van der Waals surface area contributed by atoms with E-state index in [0.29, 0.717) is 11.8 Å². The van der Waals surface area contributed by atoms with Crippen molar-refractivity contribution >= 4 is 0 Å². The summed E-state index contributed by atoms with van der Waals surface area (Å²) in [6.45, 7) is 0. The predicted molar refractivity (Wildman–Crippen MR) is 53.6 cm³/mol. The summed E-state index contributed by atoms with van der Waals surface area (Å²) in [5, 5.41) is 13.7. The molecule has 0 spiro atoms. The van der Waals surface area contributed by atoms with E-state index in [1.54, 1.807) is 0 Å². The fourth-order valence-corrected chi connectivity index (χ4v) is 5.25. The van der Waals surface area contributed by atoms with Gasteiger partial charge in [0.1, 0.15) is 0 Å². The summed E-state index contributed by atoms with van der Waals surface area (Å²) >= 11 is 0. The quantitative estimate of drug-likeness (QED) is 0.647. The van der Waals surface area contributed by atoms with E-state index in [1.807, 2.05) is 0 Å². The van der Waals surface area contributed by atoms with Gasteiger partial charge in [0.25, 0.3) is 0 Å². The molecule has 4 fully saturated rings. The molecule has 4 rings (SSSR count). The lowest BCUT2D eigenvalue weighted by Gasteiger charge is -2.34. The van der Waals surface area contributed by atoms with Gasteiger partial charge in [-0.15, -0.1) is 0 Å². The number of hydrogen-bond donors (Lipinski definition) is 2. The van der Waals surface area contributed by atoms with Gasteiger partial charge in [-0.3, -0.25) is 0 Å². The van der Waals surface area contributed by atoms with Crippen molar-refractivity contribution < 1.29 is 5.11 Å². The maximum absolute atomic E-state index is 10.2. The second-order valence-corrected chi connectivity index (χ2v) is 6.00. The molecule has 8 unspecified atom stereocenters. The summed E-state index contributed by atoms with van der Waals surface area (Å²) < 4.78 is 0. The summed E-state index contributed by atoms with van der Waals surface area (Å²) in [6, 6.07) is 0.771. The standard InChI is InChI=1S/C12H19NO/c1-13-9-3-5-2-8(9)11-6-4-7(6)12(14)10(5)11/h5-14H,2-4H2,1H3. The molecule has 0 saturated heterocycles. The molecule has 4 aliphatic carbocycles. The Kier molecular flexibility index (Phi) is 1.37. The molecule has 4 aliphatic rings. The van der Waals surface area contributed by atoms with Crippen molar-refractivity contribution in [2.75, 3.05) is 7.05 Å². The minimum atomic E-state index is 0.0813. The summed E-state index contributed by atoms with van der Waals surface area (Å²) in [6.07, 6.45) is 4.15. The highest BCUT2D eigenvalue weighted by atomic mass is 16.3. The number of rotatable bonds is 1. The molecule has 0 aliphatic heterocycles. The number of hydrogen-bond acceptors (Lipinski definition) is 2. The first kappa shape index (κ1) is 8.12. The van der Waals surface area contributed by atoms with Crippen LogP contribution in [0.1, 0.15) is 19.3 Å². The van der Waals surface area contributed by atoms with Gasteiger partial charge >= 0.3 is 0 Å². The van der Waals surface area contributed by atoms with Gasteiger partial charge in [0.05, 0.1) is 6.10 Å². The first-order valence-corrected chi connectivity index (χ1v) is 6.16. The van der Waals surface area contributed by atoms with Crippen LogP contribution in [0.3, 0.4) is 0 Å². The largest absolute Gasteiger partial charge is 0.393 e. The van der Waals surface area contributed by atoms with Crippen molar-refractivity contribution in [3.05, 3.63) is 0 Å². The van der Waals surface area contributed by atoms with Crippen molar-refractivity contribution in [3.63, 3.8) is 0 Å². The van der Waals surface area contributed by atoms with Crippen LogP contribution in [0, 0.1) is 35.5 Å². The maximum atomic E-state index is 10.2. The Morgan fingerprint density at radius 2 is 1.86 bits per heavy atom. The van der Waals surface area contributed by atoms with Gasteiger partial charge in [0.15, 0.2) is 0 Å². The molecule has 8 atom stereocenters. The van der Waals surface area contributed by atoms with Gasteiger partial charge in [0.2, 0.25) is 0 Å². The van der Waals surface area contributed by atoms with Gasteiger partial charge < -0.3 is 10.4 Å². The molecule has 2 heteroatoms. The summed E-state index contributed by atoms with van der Waals surface area (Å²) in [5.41, 5.74) is 0. The molecular weight excluding hydrogens is 174 g/mol. The van der Waals surface area contributed by atoms with Crippen LogP contribution in [0.25, 0.3) is 0 Å². The highest BCUT2D eigenvalue weighted by Crippen LogP contribution is 2.69. The van der Waals surface area contributed by atoms with E-state index in [9.17, 15) is 5.11 Å². The lowest BCUT2D eigenvalue weighted by atomic mass is 9.75. The van der Waals surface area contributed by atoms with Crippen LogP contribution in [0.4, 0.5) is 0 Å². The smallest absolute Gasteiger partial charge is 0.0604 e. The Morgan fingerprint density at radius 3 is 2.64 bits per heavy atom. The summed E-state index contributed by atoms with van der Waals surface area (Å²) in [5.74, 6) is 4.99. The SMILES string of the molecule is CNC1CC2CC1C1C3CC3C(O)C21. The van der Waals surface area contributed by atoms with E-state index in [1.165, 1.54) is 19.3 Å². The predicted octanol–water partition coefficient (Wildman–Crippen LogP) is 0.857. The van der Waals surface area contributed by atoms with E-state index >= 15 is 0 Å². The zero-order valence-electron chi connectivity index (χ0n) is 8.69. The summed E-state index contributed by atoms with van der Waals surface area (Å²) in [4.78, 5) is 0. The van der Waals surface area contributed by atoms with Gasteiger partial charge in [-0.2, -0.15) is 0 Å². The van der Waals surface area contributed by atoms with Crippen LogP contribution in [-0.2, 0) is 0 Å². The molecule has 0 radical (unpaired) electrons. The van der Waals surface area contributed by atoms with Crippen molar-refractivity contribution in [1.82, 2.24) is 5.32 Å². The topological polar surface area (TPSA) is 32.3 Å². The van der Waals surface area contributed by atoms with E-state index in [-0.39, 0.29) is 6.10 Å². The fraction of sp³-hybridized carbons (Fsp3) is 1.00. The van der Waals surface area contributed by atoms with E-state index in [4.69, 9.17) is 0 Å². The monoisotopic (exact) mass is 193 g/mol. The van der Waals surface area contributed by atoms with Gasteiger partial charge in [-0.05, 0) is 61.8 Å². The molecular formula is C12H19NO. The van der Waals surface area contributed by atoms with E-state index in [2.05, 4.69) is 12.4 Å². The van der Waals surface area contributed by atoms with Gasteiger partial charge in [0, 0.05) is 6.04 Å². The van der Waals surface area contributed by atoms with Gasteiger partial charge in [-0.1, -0.05) is 0 Å². The van der Waals surface area contributed by atoms with E-state index in [0.717, 1.165) is 29.7 Å². The molecule has 2 nitrogen and oxygen atoms in total. The van der Waals surface area contributed by atoms with Crippen LogP contribution in [0.15, 0.2) is 0 Å². The van der Waals surface area contributed by atoms with Crippen LogP contribution < -0.4 is 5.32 Å². The molecule has 0 aromatic rings. The fourth-order valence-electron chi connectivity index (χ4n) is 5.25. The molecule has 0 heterocycles. The van der Waals surface area contributed by atoms with Crippen molar-refractivity contribution in [2.45, 2.75) is 31.4 Å². The minimum absolute atomic E-state index is 0.0813. The van der Waals surface area contributed by atoms with Crippen LogP contribution in [-0.4, -0.2) is 24.3 Å². The Balaban J connectivity index is 1.68. The first-order valence-electron chi connectivity index (χ1n) is 6.16. The van der Waals surface area contributed by atoms with Crippen molar-refractivity contribution in [1.29, 1.82) is 0 Å². The normalized spacial score (nSPS) is 68.1. The number of aliphatic hydroxyl groups is 1. The Bertz CT molecular complexity index is 279. The Labute approximate surface area is 85.1 Å². The molecule has 2 bridgehead atoms. The van der Waals surface area contributed by atoms with E-state index < -0.39 is 0 Å². The molecule has 78 valence electrons. The average molecular weight is 193 g/mol. The maximum Gasteiger partial charge on any atom is 0.0604 e. The molecule has 2 N–H and O–H groups in total. The number of fused-ring (bicyclic) bond motifs is 7. The molecule has 0 amide bonds. The third kappa shape index (κ3) is 0.737. The second kappa shape index (κ2) is 2.35. The minimum Gasteiger partial charge on any atom is -0.393 e. The van der Waals surface area contributed by atoms with Crippen LogP contribution in [0.2, 0.25) is 0 Å². The molecule has 4 saturated carbocycles. The summed E-state index contributed by atoms with van der Waals surface area (Å²) in [7, 11) is 2.11. The Hall–Kier alpha value is -0.0800. The Morgan fingerprint density at radius 1 is 1.00 bits per heavy atom. The first-order chi connectivity index (χ1) is 6.81. The lowest BCUT2D eigenvalue weighted by Crippen LogP contribution is -2.40. The molecule has 14 heavy (non-hydrogen) atoms. The van der Waals surface area contributed by atoms with Crippen molar-refractivity contribution in [3.8, 4) is 0 Å². The lowest BCUT2D eigenvalue weighted by molar-refractivity contribution is 0.0527. The van der Waals surface area contributed by atoms with Crippen LogP contribution in [0.5, 0.6) is 0 Å². The highest BCUT2D eigenvalue weighted by Gasteiger charge is 2.68. The molecule has 0 aromatic carbocycles. The van der Waals surface area contributed by atoms with Crippen LogP contribution >= 0.6 is 0 Å². The average Bonchev–Trinajstić information content (AvgIpc) is 2.62. The number of aliphatic hydroxyl groups excluding tert-OH is 1. The third-order valence-corrected chi connectivity index (χ3v) is 5.72. The highest BCUT2D eigenvalue weighted by molar-refractivity contribution is 5.18. The van der Waals surface area contributed by atoms with Gasteiger partial charge in [-0.25, -0.2) is 0 Å². The third-order valence-electron chi connectivity index (χ3n) is 5.72. The second-order valence-electron chi connectivity index (χ2n) is 6.00. The van der Waals surface area contributed by atoms with Crippen molar-refractivity contribution in [2.24, 2.45) is 35.5 Å². The molecule has 0 aromatic heterocycles.